The second-order valence-corrected chi connectivity index (χ2v) is 6.05. The molecule has 1 atom stereocenters. The fourth-order valence-corrected chi connectivity index (χ4v) is 2.83. The Morgan fingerprint density at radius 1 is 1.48 bits per heavy atom. The van der Waals surface area contributed by atoms with E-state index < -0.39 is 5.82 Å². The molecule has 1 aromatic carbocycles. The average Bonchev–Trinajstić information content (AvgIpc) is 2.91. The normalized spacial score (nSPS) is 18.3. The summed E-state index contributed by atoms with van der Waals surface area (Å²) >= 11 is 5.80. The zero-order valence-corrected chi connectivity index (χ0v) is 13.6. The van der Waals surface area contributed by atoms with Crippen LogP contribution in [0.2, 0.25) is 5.02 Å². The molecule has 1 aliphatic heterocycles. The van der Waals surface area contributed by atoms with E-state index in [9.17, 15) is 9.18 Å². The lowest BCUT2D eigenvalue weighted by Gasteiger charge is -2.31. The summed E-state index contributed by atoms with van der Waals surface area (Å²) in [6.45, 7) is 5.82. The quantitative estimate of drug-likeness (QED) is 0.907. The third kappa shape index (κ3) is 3.07. The van der Waals surface area contributed by atoms with Gasteiger partial charge in [-0.05, 0) is 32.0 Å². The summed E-state index contributed by atoms with van der Waals surface area (Å²) in [5.41, 5.74) is 1.47. The number of carbonyl (C=O) groups excluding carboxylic acids is 1. The first-order chi connectivity index (χ1) is 11.0. The molecule has 1 amide bonds. The number of amides is 1. The van der Waals surface area contributed by atoms with Gasteiger partial charge in [-0.1, -0.05) is 16.8 Å². The molecule has 122 valence electrons. The van der Waals surface area contributed by atoms with Crippen LogP contribution in [-0.2, 0) is 0 Å². The molecular formula is C15H17ClFN5O. The number of nitrogens with zero attached hydrogens (tertiary/aromatic N) is 4. The lowest BCUT2D eigenvalue weighted by atomic mass is 10.2. The van der Waals surface area contributed by atoms with Crippen LogP contribution in [0.25, 0.3) is 5.69 Å². The second kappa shape index (κ2) is 6.25. The van der Waals surface area contributed by atoms with E-state index in [4.69, 9.17) is 11.6 Å². The second-order valence-electron chi connectivity index (χ2n) is 5.64. The Labute approximate surface area is 138 Å². The number of hydrogen-bond donors (Lipinski definition) is 1. The van der Waals surface area contributed by atoms with E-state index in [-0.39, 0.29) is 17.0 Å². The lowest BCUT2D eigenvalue weighted by Crippen LogP contribution is -2.51. The van der Waals surface area contributed by atoms with Gasteiger partial charge in [-0.2, -0.15) is 0 Å². The zero-order chi connectivity index (χ0) is 16.6. The summed E-state index contributed by atoms with van der Waals surface area (Å²) in [6, 6.07) is 4.51. The largest absolute Gasteiger partial charge is 0.334 e. The highest BCUT2D eigenvalue weighted by atomic mass is 35.5. The molecule has 1 N–H and O–H groups in total. The zero-order valence-electron chi connectivity index (χ0n) is 12.9. The van der Waals surface area contributed by atoms with Gasteiger partial charge in [-0.25, -0.2) is 9.07 Å². The van der Waals surface area contributed by atoms with Gasteiger partial charge in [0.05, 0.1) is 16.4 Å². The molecule has 0 radical (unpaired) electrons. The van der Waals surface area contributed by atoms with E-state index >= 15 is 0 Å². The molecule has 2 aromatic rings. The predicted molar refractivity (Wildman–Crippen MR) is 84.4 cm³/mol. The van der Waals surface area contributed by atoms with Crippen molar-refractivity contribution in [2.45, 2.75) is 19.9 Å². The molecule has 6 nitrogen and oxygen atoms in total. The minimum atomic E-state index is -0.501. The van der Waals surface area contributed by atoms with Crippen LogP contribution in [0.3, 0.4) is 0 Å². The van der Waals surface area contributed by atoms with Crippen molar-refractivity contribution in [3.05, 3.63) is 40.4 Å². The number of hydrogen-bond acceptors (Lipinski definition) is 4. The molecule has 1 aliphatic rings. The maximum Gasteiger partial charge on any atom is 0.276 e. The SMILES string of the molecule is Cc1c(C(=O)N2CCN[C@@H](C)C2)nnn1-c1ccc(F)c(Cl)c1. The summed E-state index contributed by atoms with van der Waals surface area (Å²) < 4.78 is 14.8. The van der Waals surface area contributed by atoms with Crippen molar-refractivity contribution in [1.29, 1.82) is 0 Å². The van der Waals surface area contributed by atoms with Gasteiger partial charge in [0.1, 0.15) is 5.82 Å². The van der Waals surface area contributed by atoms with E-state index in [0.29, 0.717) is 30.2 Å². The predicted octanol–water partition coefficient (Wildman–Crippen LogP) is 1.80. The van der Waals surface area contributed by atoms with Gasteiger partial charge in [0.2, 0.25) is 0 Å². The third-order valence-electron chi connectivity index (χ3n) is 3.90. The first-order valence-corrected chi connectivity index (χ1v) is 7.75. The Morgan fingerprint density at radius 2 is 2.26 bits per heavy atom. The van der Waals surface area contributed by atoms with Crippen LogP contribution >= 0.6 is 11.6 Å². The minimum Gasteiger partial charge on any atom is -0.334 e. The number of carbonyl (C=O) groups is 1. The molecule has 0 bridgehead atoms. The molecule has 8 heteroatoms. The highest BCUT2D eigenvalue weighted by molar-refractivity contribution is 6.30. The molecule has 3 rings (SSSR count). The Hall–Kier alpha value is -1.99. The Morgan fingerprint density at radius 3 is 2.96 bits per heavy atom. The first kappa shape index (κ1) is 15.9. The van der Waals surface area contributed by atoms with Crippen molar-refractivity contribution in [2.75, 3.05) is 19.6 Å². The lowest BCUT2D eigenvalue weighted by molar-refractivity contribution is 0.0702. The van der Waals surface area contributed by atoms with E-state index in [1.807, 2.05) is 6.92 Å². The van der Waals surface area contributed by atoms with Crippen LogP contribution < -0.4 is 5.32 Å². The summed E-state index contributed by atoms with van der Waals surface area (Å²) in [4.78, 5) is 14.4. The van der Waals surface area contributed by atoms with Gasteiger partial charge in [-0.15, -0.1) is 5.10 Å². The average molecular weight is 338 g/mol. The molecule has 0 aliphatic carbocycles. The number of benzene rings is 1. The van der Waals surface area contributed by atoms with Crippen molar-refractivity contribution in [3.8, 4) is 5.69 Å². The van der Waals surface area contributed by atoms with Gasteiger partial charge in [0, 0.05) is 25.7 Å². The molecule has 0 saturated carbocycles. The van der Waals surface area contributed by atoms with Crippen LogP contribution in [0, 0.1) is 12.7 Å². The van der Waals surface area contributed by atoms with Gasteiger partial charge in [0.25, 0.3) is 5.91 Å². The fourth-order valence-electron chi connectivity index (χ4n) is 2.66. The van der Waals surface area contributed by atoms with Crippen LogP contribution in [0.4, 0.5) is 4.39 Å². The number of nitrogens with one attached hydrogen (secondary N) is 1. The van der Waals surface area contributed by atoms with E-state index in [0.717, 1.165) is 6.54 Å². The maximum atomic E-state index is 13.3. The van der Waals surface area contributed by atoms with Crippen LogP contribution in [0.5, 0.6) is 0 Å². The van der Waals surface area contributed by atoms with Gasteiger partial charge in [0.15, 0.2) is 5.69 Å². The van der Waals surface area contributed by atoms with Crippen molar-refractivity contribution in [2.24, 2.45) is 0 Å². The standard InChI is InChI=1S/C15H17ClFN5O/c1-9-8-21(6-5-18-9)15(23)14-10(2)22(20-19-14)11-3-4-13(17)12(16)7-11/h3-4,7,9,18H,5-6,8H2,1-2H3/t9-/m0/s1. The van der Waals surface area contributed by atoms with Gasteiger partial charge >= 0.3 is 0 Å². The van der Waals surface area contributed by atoms with E-state index in [1.54, 1.807) is 17.9 Å². The highest BCUT2D eigenvalue weighted by Crippen LogP contribution is 2.20. The van der Waals surface area contributed by atoms with Crippen molar-refractivity contribution in [1.82, 2.24) is 25.2 Å². The van der Waals surface area contributed by atoms with E-state index in [1.165, 1.54) is 16.8 Å². The number of piperazine rings is 1. The first-order valence-electron chi connectivity index (χ1n) is 7.37. The van der Waals surface area contributed by atoms with Crippen LogP contribution in [0.15, 0.2) is 18.2 Å². The van der Waals surface area contributed by atoms with Crippen LogP contribution in [0.1, 0.15) is 23.1 Å². The van der Waals surface area contributed by atoms with Gasteiger partial charge < -0.3 is 10.2 Å². The number of aromatic nitrogens is 3. The molecule has 1 fully saturated rings. The fraction of sp³-hybridized carbons (Fsp3) is 0.400. The summed E-state index contributed by atoms with van der Waals surface area (Å²) in [5.74, 6) is -0.644. The minimum absolute atomic E-state index is 0.00112. The van der Waals surface area contributed by atoms with Crippen LogP contribution in [-0.4, -0.2) is 51.5 Å². The molecular weight excluding hydrogens is 321 g/mol. The summed E-state index contributed by atoms with van der Waals surface area (Å²) in [6.07, 6.45) is 0. The van der Waals surface area contributed by atoms with Crippen molar-refractivity contribution in [3.63, 3.8) is 0 Å². The number of halogens is 2. The molecule has 0 unspecified atom stereocenters. The summed E-state index contributed by atoms with van der Waals surface area (Å²) in [7, 11) is 0. The molecule has 23 heavy (non-hydrogen) atoms. The molecule has 2 heterocycles. The molecule has 1 saturated heterocycles. The Bertz CT molecular complexity index is 747. The summed E-state index contributed by atoms with van der Waals surface area (Å²) in [5, 5.41) is 11.3. The smallest absolute Gasteiger partial charge is 0.276 e. The van der Waals surface area contributed by atoms with Gasteiger partial charge in [-0.3, -0.25) is 4.79 Å². The Kier molecular flexibility index (Phi) is 4.32. The third-order valence-corrected chi connectivity index (χ3v) is 4.19. The molecule has 1 aromatic heterocycles. The highest BCUT2D eigenvalue weighted by Gasteiger charge is 2.26. The van der Waals surface area contributed by atoms with Crippen molar-refractivity contribution >= 4 is 17.5 Å². The van der Waals surface area contributed by atoms with Crippen molar-refractivity contribution < 1.29 is 9.18 Å². The Balaban J connectivity index is 1.89. The monoisotopic (exact) mass is 337 g/mol. The number of rotatable bonds is 2. The molecule has 0 spiro atoms. The maximum absolute atomic E-state index is 13.3. The topological polar surface area (TPSA) is 63.1 Å². The van der Waals surface area contributed by atoms with E-state index in [2.05, 4.69) is 15.6 Å².